The normalized spacial score (nSPS) is 10.6. The maximum atomic E-state index is 6.19. The first-order chi connectivity index (χ1) is 12.5. The summed E-state index contributed by atoms with van der Waals surface area (Å²) in [5.74, 6) is 0.808. The van der Waals surface area contributed by atoms with Crippen molar-refractivity contribution in [2.24, 2.45) is 0 Å². The second kappa shape index (κ2) is 8.81. The number of nitrogens with one attached hydrogen (secondary N) is 1. The first-order valence-electron chi connectivity index (χ1n) is 8.17. The maximum Gasteiger partial charge on any atom is 0.120 e. The minimum absolute atomic E-state index is 0.401. The first kappa shape index (κ1) is 19.1. The fourth-order valence-electron chi connectivity index (χ4n) is 2.57. The highest BCUT2D eigenvalue weighted by Gasteiger charge is 2.04. The molecule has 1 N–H and O–H groups in total. The molecule has 0 heterocycles. The maximum absolute atomic E-state index is 6.19. The number of aryl methyl sites for hydroxylation is 1. The van der Waals surface area contributed by atoms with Crippen LogP contribution in [0.1, 0.15) is 16.7 Å². The van der Waals surface area contributed by atoms with Gasteiger partial charge in [0.25, 0.3) is 0 Å². The average Bonchev–Trinajstić information content (AvgIpc) is 2.61. The molecule has 134 valence electrons. The van der Waals surface area contributed by atoms with Gasteiger partial charge in [-0.1, -0.05) is 57.3 Å². The summed E-state index contributed by atoms with van der Waals surface area (Å²) in [4.78, 5) is 0. The van der Waals surface area contributed by atoms with E-state index >= 15 is 0 Å². The summed E-state index contributed by atoms with van der Waals surface area (Å²) < 4.78 is 6.96. The predicted octanol–water partition coefficient (Wildman–Crippen LogP) is 7.26. The Kier molecular flexibility index (Phi) is 6.47. The highest BCUT2D eigenvalue weighted by molar-refractivity contribution is 9.10. The van der Waals surface area contributed by atoms with Crippen molar-refractivity contribution >= 4 is 44.8 Å². The standard InChI is InChI=1S/C21H18BrCl2NO/c1-14-9-17(22)6-8-21(14)25-12-15-3-2-4-19(10-15)26-13-16-5-7-18(23)11-20(16)24/h2-11,25H,12-13H2,1H3. The van der Waals surface area contributed by atoms with Gasteiger partial charge in [0.15, 0.2) is 0 Å². The van der Waals surface area contributed by atoms with Gasteiger partial charge in [-0.15, -0.1) is 0 Å². The van der Waals surface area contributed by atoms with Crippen molar-refractivity contribution in [2.75, 3.05) is 5.32 Å². The van der Waals surface area contributed by atoms with Crippen LogP contribution in [0.3, 0.4) is 0 Å². The monoisotopic (exact) mass is 449 g/mol. The van der Waals surface area contributed by atoms with E-state index in [4.69, 9.17) is 27.9 Å². The third kappa shape index (κ3) is 5.16. The summed E-state index contributed by atoms with van der Waals surface area (Å²) in [7, 11) is 0. The van der Waals surface area contributed by atoms with Gasteiger partial charge in [0.2, 0.25) is 0 Å². The molecular formula is C21H18BrCl2NO. The molecule has 0 aliphatic rings. The van der Waals surface area contributed by atoms with Crippen LogP contribution < -0.4 is 10.1 Å². The van der Waals surface area contributed by atoms with E-state index in [0.717, 1.165) is 33.6 Å². The largest absolute Gasteiger partial charge is 0.489 e. The number of ether oxygens (including phenoxy) is 1. The molecule has 0 saturated carbocycles. The molecule has 5 heteroatoms. The molecule has 0 atom stereocenters. The van der Waals surface area contributed by atoms with E-state index in [1.165, 1.54) is 5.56 Å². The van der Waals surface area contributed by atoms with Gasteiger partial charge < -0.3 is 10.1 Å². The number of rotatable bonds is 6. The fraction of sp³-hybridized carbons (Fsp3) is 0.143. The molecule has 3 aromatic rings. The molecule has 26 heavy (non-hydrogen) atoms. The van der Waals surface area contributed by atoms with Crippen LogP contribution in [0.25, 0.3) is 0 Å². The molecule has 0 radical (unpaired) electrons. The zero-order valence-electron chi connectivity index (χ0n) is 14.2. The van der Waals surface area contributed by atoms with Crippen molar-refractivity contribution in [2.45, 2.75) is 20.1 Å². The zero-order valence-corrected chi connectivity index (χ0v) is 17.3. The van der Waals surface area contributed by atoms with Crippen molar-refractivity contribution < 1.29 is 4.74 Å². The molecule has 0 aromatic heterocycles. The van der Waals surface area contributed by atoms with Gasteiger partial charge in [-0.05, 0) is 60.5 Å². The summed E-state index contributed by atoms with van der Waals surface area (Å²) in [5.41, 5.74) is 4.37. The highest BCUT2D eigenvalue weighted by atomic mass is 79.9. The Labute approximate surface area is 172 Å². The van der Waals surface area contributed by atoms with Gasteiger partial charge in [-0.3, -0.25) is 0 Å². The van der Waals surface area contributed by atoms with E-state index in [1.54, 1.807) is 6.07 Å². The van der Waals surface area contributed by atoms with Gasteiger partial charge in [-0.25, -0.2) is 0 Å². The van der Waals surface area contributed by atoms with E-state index in [1.807, 2.05) is 36.4 Å². The summed E-state index contributed by atoms with van der Waals surface area (Å²) in [6.07, 6.45) is 0. The first-order valence-corrected chi connectivity index (χ1v) is 9.72. The van der Waals surface area contributed by atoms with Gasteiger partial charge in [0.1, 0.15) is 12.4 Å². The van der Waals surface area contributed by atoms with Gasteiger partial charge in [-0.2, -0.15) is 0 Å². The molecule has 0 amide bonds. The lowest BCUT2D eigenvalue weighted by Crippen LogP contribution is -2.02. The van der Waals surface area contributed by atoms with Crippen LogP contribution in [-0.4, -0.2) is 0 Å². The van der Waals surface area contributed by atoms with Crippen LogP contribution in [0.5, 0.6) is 5.75 Å². The summed E-state index contributed by atoms with van der Waals surface area (Å²) in [5, 5.41) is 4.69. The molecule has 0 aliphatic heterocycles. The number of anilines is 1. The Morgan fingerprint density at radius 1 is 1.00 bits per heavy atom. The van der Waals surface area contributed by atoms with Gasteiger partial charge in [0, 0.05) is 32.3 Å². The molecule has 0 spiro atoms. The minimum atomic E-state index is 0.401. The van der Waals surface area contributed by atoms with Crippen LogP contribution >= 0.6 is 39.1 Å². The Hall–Kier alpha value is -1.68. The lowest BCUT2D eigenvalue weighted by Gasteiger charge is -2.12. The van der Waals surface area contributed by atoms with Crippen LogP contribution in [0, 0.1) is 6.92 Å². The smallest absolute Gasteiger partial charge is 0.120 e. The Balaban J connectivity index is 1.62. The second-order valence-corrected chi connectivity index (χ2v) is 7.74. The average molecular weight is 451 g/mol. The fourth-order valence-corrected chi connectivity index (χ4v) is 3.51. The molecule has 2 nitrogen and oxygen atoms in total. The molecule has 0 unspecified atom stereocenters. The molecule has 0 aliphatic carbocycles. The number of hydrogen-bond donors (Lipinski definition) is 1. The summed E-state index contributed by atoms with van der Waals surface area (Å²) in [6, 6.07) is 19.7. The molecule has 0 fully saturated rings. The van der Waals surface area contributed by atoms with E-state index < -0.39 is 0 Å². The number of hydrogen-bond acceptors (Lipinski definition) is 2. The zero-order chi connectivity index (χ0) is 18.5. The number of benzene rings is 3. The van der Waals surface area contributed by atoms with Crippen molar-refractivity contribution in [3.63, 3.8) is 0 Å². The second-order valence-electron chi connectivity index (χ2n) is 5.98. The van der Waals surface area contributed by atoms with Crippen molar-refractivity contribution in [3.8, 4) is 5.75 Å². The van der Waals surface area contributed by atoms with E-state index in [0.29, 0.717) is 16.7 Å². The lowest BCUT2D eigenvalue weighted by molar-refractivity contribution is 0.306. The van der Waals surface area contributed by atoms with Crippen LogP contribution in [0.4, 0.5) is 5.69 Å². The molecular weight excluding hydrogens is 433 g/mol. The summed E-state index contributed by atoms with van der Waals surface area (Å²) >= 11 is 15.6. The minimum Gasteiger partial charge on any atom is -0.489 e. The van der Waals surface area contributed by atoms with E-state index in [9.17, 15) is 0 Å². The predicted molar refractivity (Wildman–Crippen MR) is 113 cm³/mol. The van der Waals surface area contributed by atoms with Crippen LogP contribution in [0.2, 0.25) is 10.0 Å². The third-order valence-electron chi connectivity index (χ3n) is 3.98. The Morgan fingerprint density at radius 2 is 1.85 bits per heavy atom. The quantitative estimate of drug-likeness (QED) is 0.426. The lowest BCUT2D eigenvalue weighted by atomic mass is 10.1. The topological polar surface area (TPSA) is 21.3 Å². The third-order valence-corrected chi connectivity index (χ3v) is 5.06. The SMILES string of the molecule is Cc1cc(Br)ccc1NCc1cccc(OCc2ccc(Cl)cc2Cl)c1. The van der Waals surface area contributed by atoms with Crippen molar-refractivity contribution in [3.05, 3.63) is 91.9 Å². The molecule has 3 aromatic carbocycles. The number of halogens is 3. The van der Waals surface area contributed by atoms with Gasteiger partial charge in [0.05, 0.1) is 0 Å². The van der Waals surface area contributed by atoms with Gasteiger partial charge >= 0.3 is 0 Å². The molecule has 0 saturated heterocycles. The highest BCUT2D eigenvalue weighted by Crippen LogP contribution is 2.24. The Bertz CT molecular complexity index is 844. The van der Waals surface area contributed by atoms with Crippen LogP contribution in [0.15, 0.2) is 65.1 Å². The van der Waals surface area contributed by atoms with E-state index in [-0.39, 0.29) is 0 Å². The van der Waals surface area contributed by atoms with Crippen molar-refractivity contribution in [1.29, 1.82) is 0 Å². The van der Waals surface area contributed by atoms with E-state index in [2.05, 4.69) is 46.4 Å². The molecule has 3 rings (SSSR count). The Morgan fingerprint density at radius 3 is 2.62 bits per heavy atom. The molecule has 0 bridgehead atoms. The summed E-state index contributed by atoms with van der Waals surface area (Å²) in [6.45, 7) is 3.21. The van der Waals surface area contributed by atoms with Crippen LogP contribution in [-0.2, 0) is 13.2 Å². The van der Waals surface area contributed by atoms with Crippen molar-refractivity contribution in [1.82, 2.24) is 0 Å².